The van der Waals surface area contributed by atoms with Crippen LogP contribution in [0.4, 0.5) is 0 Å². The summed E-state index contributed by atoms with van der Waals surface area (Å²) in [7, 11) is 1.54. The number of likely N-dealkylation sites (N-methyl/N-ethyl adjacent to an activating group) is 1. The molecule has 2 amide bonds. The highest BCUT2D eigenvalue weighted by Crippen LogP contribution is 2.33. The summed E-state index contributed by atoms with van der Waals surface area (Å²) in [5.74, 6) is -0.900. The van der Waals surface area contributed by atoms with Crippen molar-refractivity contribution in [2.45, 2.75) is 45.1 Å². The average molecular weight is 296 g/mol. The fourth-order valence-corrected chi connectivity index (χ4v) is 2.63. The number of carboxylic acid groups (broad SMARTS) is 1. The Morgan fingerprint density at radius 1 is 1.05 bits per heavy atom. The van der Waals surface area contributed by atoms with Crippen molar-refractivity contribution >= 4 is 17.8 Å². The molecule has 0 radical (unpaired) electrons. The summed E-state index contributed by atoms with van der Waals surface area (Å²) >= 11 is 0. The van der Waals surface area contributed by atoms with E-state index in [1.165, 1.54) is 25.8 Å². The molecule has 1 N–H and O–H groups in total. The first-order valence-electron chi connectivity index (χ1n) is 7.55. The molecule has 2 fully saturated rings. The Kier molecular flexibility index (Phi) is 4.25. The minimum atomic E-state index is -1.21. The molecule has 6 heteroatoms. The second kappa shape index (κ2) is 5.66. The van der Waals surface area contributed by atoms with E-state index in [0.29, 0.717) is 25.9 Å². The van der Waals surface area contributed by atoms with Crippen molar-refractivity contribution in [3.63, 3.8) is 0 Å². The highest BCUT2D eigenvalue weighted by molar-refractivity contribution is 5.87. The molecule has 1 aliphatic heterocycles. The number of nitrogens with zero attached hydrogens (tertiary/aromatic N) is 2. The van der Waals surface area contributed by atoms with E-state index < -0.39 is 11.5 Å². The van der Waals surface area contributed by atoms with Crippen molar-refractivity contribution in [2.75, 3.05) is 20.1 Å². The highest BCUT2D eigenvalue weighted by Gasteiger charge is 2.40. The Bertz CT molecular complexity index is 449. The van der Waals surface area contributed by atoms with Gasteiger partial charge in [-0.05, 0) is 39.5 Å². The summed E-state index contributed by atoms with van der Waals surface area (Å²) in [6, 6.07) is 0. The smallest absolute Gasteiger partial charge is 0.329 e. The molecule has 6 nitrogen and oxygen atoms in total. The van der Waals surface area contributed by atoms with Crippen molar-refractivity contribution in [1.29, 1.82) is 0 Å². The Morgan fingerprint density at radius 3 is 2.00 bits per heavy atom. The SMILES string of the molecule is CN(C(=O)C1CCN(C(=O)C2CC2)CC1)C(C)(C)C(=O)O. The summed E-state index contributed by atoms with van der Waals surface area (Å²) < 4.78 is 0. The molecular weight excluding hydrogens is 272 g/mol. The zero-order valence-corrected chi connectivity index (χ0v) is 13.0. The number of carbonyl (C=O) groups excluding carboxylic acids is 2. The van der Waals surface area contributed by atoms with Crippen LogP contribution in [-0.4, -0.2) is 58.4 Å². The van der Waals surface area contributed by atoms with Gasteiger partial charge in [0.15, 0.2) is 0 Å². The minimum absolute atomic E-state index is 0.138. The van der Waals surface area contributed by atoms with Gasteiger partial charge in [0.25, 0.3) is 0 Å². The topological polar surface area (TPSA) is 77.9 Å². The number of hydrogen-bond donors (Lipinski definition) is 1. The van der Waals surface area contributed by atoms with E-state index in [1.807, 2.05) is 4.90 Å². The van der Waals surface area contributed by atoms with Gasteiger partial charge in [0.05, 0.1) is 0 Å². The van der Waals surface area contributed by atoms with Gasteiger partial charge in [0.2, 0.25) is 11.8 Å². The third-order valence-electron chi connectivity index (χ3n) is 4.77. The predicted octanol–water partition coefficient (Wildman–Crippen LogP) is 0.957. The first-order chi connectivity index (χ1) is 9.75. The summed E-state index contributed by atoms with van der Waals surface area (Å²) in [6.45, 7) is 4.26. The molecule has 0 spiro atoms. The number of likely N-dealkylation sites (tertiary alicyclic amines) is 1. The zero-order chi connectivity index (χ0) is 15.8. The average Bonchev–Trinajstić information content (AvgIpc) is 3.29. The number of rotatable bonds is 4. The summed E-state index contributed by atoms with van der Waals surface area (Å²) in [6.07, 6.45) is 3.23. The lowest BCUT2D eigenvalue weighted by molar-refractivity contribution is -0.157. The fourth-order valence-electron chi connectivity index (χ4n) is 2.63. The quantitative estimate of drug-likeness (QED) is 0.838. The molecule has 118 valence electrons. The molecule has 1 saturated carbocycles. The van der Waals surface area contributed by atoms with Gasteiger partial charge >= 0.3 is 5.97 Å². The van der Waals surface area contributed by atoms with Crippen LogP contribution in [0, 0.1) is 11.8 Å². The number of amides is 2. The van der Waals surface area contributed by atoms with Gasteiger partial charge in [-0.3, -0.25) is 9.59 Å². The largest absolute Gasteiger partial charge is 0.480 e. The molecular formula is C15H24N2O4. The monoisotopic (exact) mass is 296 g/mol. The molecule has 0 aromatic rings. The Hall–Kier alpha value is -1.59. The number of carbonyl (C=O) groups is 3. The molecule has 2 rings (SSSR count). The normalized spacial score (nSPS) is 20.2. The third kappa shape index (κ3) is 3.19. The van der Waals surface area contributed by atoms with Gasteiger partial charge in [0, 0.05) is 32.0 Å². The van der Waals surface area contributed by atoms with E-state index >= 15 is 0 Å². The molecule has 1 heterocycles. The van der Waals surface area contributed by atoms with E-state index in [9.17, 15) is 19.5 Å². The Balaban J connectivity index is 1.90. The van der Waals surface area contributed by atoms with Crippen molar-refractivity contribution in [2.24, 2.45) is 11.8 Å². The molecule has 1 aliphatic carbocycles. The van der Waals surface area contributed by atoms with Gasteiger partial charge < -0.3 is 14.9 Å². The van der Waals surface area contributed by atoms with Crippen LogP contribution in [-0.2, 0) is 14.4 Å². The molecule has 2 aliphatic rings. The standard InChI is InChI=1S/C15H24N2O4/c1-15(2,14(20)21)16(3)12(18)11-6-8-17(9-7-11)13(19)10-4-5-10/h10-11H,4-9H2,1-3H3,(H,20,21). The van der Waals surface area contributed by atoms with E-state index in [0.717, 1.165) is 12.8 Å². The molecule has 0 aromatic heterocycles. The predicted molar refractivity (Wildman–Crippen MR) is 76.5 cm³/mol. The Morgan fingerprint density at radius 2 is 1.57 bits per heavy atom. The minimum Gasteiger partial charge on any atom is -0.480 e. The van der Waals surface area contributed by atoms with Crippen LogP contribution in [0.25, 0.3) is 0 Å². The molecule has 0 unspecified atom stereocenters. The van der Waals surface area contributed by atoms with Crippen LogP contribution in [0.2, 0.25) is 0 Å². The van der Waals surface area contributed by atoms with Gasteiger partial charge in [-0.25, -0.2) is 4.79 Å². The molecule has 0 atom stereocenters. The Labute approximate surface area is 125 Å². The molecule has 1 saturated heterocycles. The van der Waals surface area contributed by atoms with E-state index in [-0.39, 0.29) is 23.7 Å². The van der Waals surface area contributed by atoms with Gasteiger partial charge in [-0.1, -0.05) is 0 Å². The molecule has 0 aromatic carbocycles. The van der Waals surface area contributed by atoms with Crippen molar-refractivity contribution < 1.29 is 19.5 Å². The van der Waals surface area contributed by atoms with Crippen LogP contribution in [0.1, 0.15) is 39.5 Å². The van der Waals surface area contributed by atoms with Gasteiger partial charge in [0.1, 0.15) is 5.54 Å². The maximum absolute atomic E-state index is 12.4. The fraction of sp³-hybridized carbons (Fsp3) is 0.800. The van der Waals surface area contributed by atoms with Crippen molar-refractivity contribution in [3.8, 4) is 0 Å². The molecule has 0 bridgehead atoms. The van der Waals surface area contributed by atoms with Crippen LogP contribution >= 0.6 is 0 Å². The van der Waals surface area contributed by atoms with E-state index in [2.05, 4.69) is 0 Å². The lowest BCUT2D eigenvalue weighted by atomic mass is 9.92. The zero-order valence-electron chi connectivity index (χ0n) is 13.0. The van der Waals surface area contributed by atoms with Crippen molar-refractivity contribution in [1.82, 2.24) is 9.80 Å². The number of aliphatic carboxylic acids is 1. The lowest BCUT2D eigenvalue weighted by Gasteiger charge is -2.37. The maximum Gasteiger partial charge on any atom is 0.329 e. The second-order valence-corrected chi connectivity index (χ2v) is 6.64. The van der Waals surface area contributed by atoms with E-state index in [1.54, 1.807) is 0 Å². The van der Waals surface area contributed by atoms with Crippen molar-refractivity contribution in [3.05, 3.63) is 0 Å². The summed E-state index contributed by atoms with van der Waals surface area (Å²) in [5, 5.41) is 9.20. The van der Waals surface area contributed by atoms with Crippen LogP contribution < -0.4 is 0 Å². The van der Waals surface area contributed by atoms with Crippen LogP contribution in [0.15, 0.2) is 0 Å². The number of hydrogen-bond acceptors (Lipinski definition) is 3. The van der Waals surface area contributed by atoms with Crippen LogP contribution in [0.5, 0.6) is 0 Å². The number of piperidine rings is 1. The van der Waals surface area contributed by atoms with Gasteiger partial charge in [-0.15, -0.1) is 0 Å². The second-order valence-electron chi connectivity index (χ2n) is 6.64. The molecule has 21 heavy (non-hydrogen) atoms. The number of carboxylic acids is 1. The first-order valence-corrected chi connectivity index (χ1v) is 7.55. The van der Waals surface area contributed by atoms with Crippen LogP contribution in [0.3, 0.4) is 0 Å². The highest BCUT2D eigenvalue weighted by atomic mass is 16.4. The first kappa shape index (κ1) is 15.8. The lowest BCUT2D eigenvalue weighted by Crippen LogP contribution is -2.54. The van der Waals surface area contributed by atoms with Gasteiger partial charge in [-0.2, -0.15) is 0 Å². The summed E-state index contributed by atoms with van der Waals surface area (Å²) in [4.78, 5) is 38.8. The third-order valence-corrected chi connectivity index (χ3v) is 4.77. The van der Waals surface area contributed by atoms with E-state index in [4.69, 9.17) is 0 Å². The maximum atomic E-state index is 12.4. The summed E-state index contributed by atoms with van der Waals surface area (Å²) in [5.41, 5.74) is -1.21.